The summed E-state index contributed by atoms with van der Waals surface area (Å²) in [5, 5.41) is 13.9. The second-order valence-electron chi connectivity index (χ2n) is 10.1. The number of ether oxygens (including phenoxy) is 1. The first-order valence-electron chi connectivity index (χ1n) is 13.3. The van der Waals surface area contributed by atoms with Gasteiger partial charge in [0.05, 0.1) is 16.6 Å². The number of nitrogens with zero attached hydrogens (tertiary/aromatic N) is 5. The number of hydrogen-bond donors (Lipinski definition) is 1. The Labute approximate surface area is 233 Å². The lowest BCUT2D eigenvalue weighted by atomic mass is 9.87. The number of aromatic nitrogens is 6. The van der Waals surface area contributed by atoms with Crippen LogP contribution >= 0.6 is 11.6 Å². The first-order valence-corrected chi connectivity index (χ1v) is 13.6. The zero-order valence-electron chi connectivity index (χ0n) is 21.5. The predicted molar refractivity (Wildman–Crippen MR) is 145 cm³/mol. The molecule has 7 nitrogen and oxygen atoms in total. The van der Waals surface area contributed by atoms with Gasteiger partial charge in [0.15, 0.2) is 17.5 Å². The smallest absolute Gasteiger partial charge is 0.179 e. The molecule has 5 aromatic rings. The van der Waals surface area contributed by atoms with Crippen LogP contribution in [0.2, 0.25) is 5.02 Å². The normalized spacial score (nSPS) is 14.2. The lowest BCUT2D eigenvalue weighted by molar-refractivity contribution is 0.300. The number of fused-ring (bicyclic) bond motifs is 1. The summed E-state index contributed by atoms with van der Waals surface area (Å²) in [6.07, 6.45) is 6.91. The number of H-pyrrole nitrogens is 1. The molecule has 2 aromatic heterocycles. The van der Waals surface area contributed by atoms with Gasteiger partial charge in [0.1, 0.15) is 24.0 Å². The Morgan fingerprint density at radius 1 is 0.950 bits per heavy atom. The van der Waals surface area contributed by atoms with Crippen LogP contribution in [-0.2, 0) is 13.2 Å². The summed E-state index contributed by atoms with van der Waals surface area (Å²) in [7, 11) is 0. The number of hydrogen-bond acceptors (Lipinski definition) is 5. The SMILES string of the molecule is Fc1cc2nc(-c3ccc(Cl)cc3OCc3ccc(-c4nnn[nH]4)cc3F)n(CCC3CCCCC3)c2cc1F. The topological polar surface area (TPSA) is 81.5 Å². The van der Waals surface area contributed by atoms with Crippen LogP contribution in [0, 0.1) is 23.4 Å². The lowest BCUT2D eigenvalue weighted by Crippen LogP contribution is -2.11. The predicted octanol–water partition coefficient (Wildman–Crippen LogP) is 7.50. The fraction of sp³-hybridized carbons (Fsp3) is 0.310. The Balaban J connectivity index is 1.33. The molecule has 11 heteroatoms. The van der Waals surface area contributed by atoms with Gasteiger partial charge in [-0.05, 0) is 47.0 Å². The van der Waals surface area contributed by atoms with E-state index < -0.39 is 17.5 Å². The van der Waals surface area contributed by atoms with Crippen molar-refractivity contribution >= 4 is 22.6 Å². The van der Waals surface area contributed by atoms with Gasteiger partial charge >= 0.3 is 0 Å². The fourth-order valence-corrected chi connectivity index (χ4v) is 5.55. The number of aryl methyl sites for hydroxylation is 1. The van der Waals surface area contributed by atoms with E-state index in [0.717, 1.165) is 25.3 Å². The Kier molecular flexibility index (Phi) is 7.42. The van der Waals surface area contributed by atoms with E-state index in [-0.39, 0.29) is 6.61 Å². The van der Waals surface area contributed by atoms with Crippen LogP contribution in [-0.4, -0.2) is 30.2 Å². The molecule has 0 amide bonds. The van der Waals surface area contributed by atoms with Crippen molar-refractivity contribution in [1.29, 1.82) is 0 Å². The monoisotopic (exact) mass is 566 g/mol. The van der Waals surface area contributed by atoms with Gasteiger partial charge in [-0.3, -0.25) is 0 Å². The molecule has 0 atom stereocenters. The zero-order valence-corrected chi connectivity index (χ0v) is 22.3. The molecule has 1 saturated carbocycles. The van der Waals surface area contributed by atoms with Crippen molar-refractivity contribution < 1.29 is 17.9 Å². The Bertz CT molecular complexity index is 1650. The second kappa shape index (κ2) is 11.3. The molecule has 0 spiro atoms. The highest BCUT2D eigenvalue weighted by atomic mass is 35.5. The quantitative estimate of drug-likeness (QED) is 0.210. The van der Waals surface area contributed by atoms with Gasteiger partial charge in [0.25, 0.3) is 0 Å². The summed E-state index contributed by atoms with van der Waals surface area (Å²) in [6.45, 7) is 0.510. The summed E-state index contributed by atoms with van der Waals surface area (Å²) in [4.78, 5) is 4.69. The standard InChI is InChI=1S/C29H26ClF3N6O/c30-20-8-9-21(27(13-20)40-16-19-7-6-18(12-22(19)31)28-35-37-38-36-28)29-34-25-14-23(32)24(33)15-26(25)39(29)11-10-17-4-2-1-3-5-17/h6-9,12-15,17H,1-5,10-11,16H2,(H,35,36,37,38). The minimum absolute atomic E-state index is 0.0837. The molecule has 6 rings (SSSR count). The maximum atomic E-state index is 14.9. The van der Waals surface area contributed by atoms with Crippen LogP contribution in [0.1, 0.15) is 44.1 Å². The number of aromatic amines is 1. The number of tetrazole rings is 1. The van der Waals surface area contributed by atoms with Gasteiger partial charge in [0, 0.05) is 34.8 Å². The number of rotatable bonds is 8. The van der Waals surface area contributed by atoms with E-state index in [1.165, 1.54) is 31.4 Å². The van der Waals surface area contributed by atoms with Crippen LogP contribution in [0.3, 0.4) is 0 Å². The lowest BCUT2D eigenvalue weighted by Gasteiger charge is -2.22. The van der Waals surface area contributed by atoms with E-state index in [0.29, 0.717) is 62.6 Å². The maximum absolute atomic E-state index is 14.9. The molecule has 0 unspecified atom stereocenters. The molecule has 0 saturated heterocycles. The largest absolute Gasteiger partial charge is 0.488 e. The van der Waals surface area contributed by atoms with Crippen molar-refractivity contribution in [2.24, 2.45) is 5.92 Å². The van der Waals surface area contributed by atoms with Gasteiger partial charge in [-0.25, -0.2) is 23.3 Å². The van der Waals surface area contributed by atoms with Gasteiger partial charge in [0.2, 0.25) is 0 Å². The van der Waals surface area contributed by atoms with Crippen molar-refractivity contribution in [2.45, 2.75) is 51.7 Å². The fourth-order valence-electron chi connectivity index (χ4n) is 5.39. The minimum Gasteiger partial charge on any atom is -0.488 e. The van der Waals surface area contributed by atoms with Crippen molar-refractivity contribution in [1.82, 2.24) is 30.2 Å². The summed E-state index contributed by atoms with van der Waals surface area (Å²) in [6, 6.07) is 12.0. The minimum atomic E-state index is -0.955. The summed E-state index contributed by atoms with van der Waals surface area (Å²) >= 11 is 6.32. The average Bonchev–Trinajstić information content (AvgIpc) is 3.61. The summed E-state index contributed by atoms with van der Waals surface area (Å²) in [5.41, 5.74) is 2.27. The number of imidazole rings is 1. The Morgan fingerprint density at radius 2 is 1.77 bits per heavy atom. The molecular formula is C29H26ClF3N6O. The molecule has 0 bridgehead atoms. The molecule has 1 fully saturated rings. The molecule has 3 aromatic carbocycles. The van der Waals surface area contributed by atoms with Crippen molar-refractivity contribution in [3.05, 3.63) is 76.6 Å². The molecule has 0 radical (unpaired) electrons. The van der Waals surface area contributed by atoms with Crippen molar-refractivity contribution in [3.8, 4) is 28.5 Å². The first-order chi connectivity index (χ1) is 19.5. The van der Waals surface area contributed by atoms with E-state index in [2.05, 4.69) is 25.6 Å². The van der Waals surface area contributed by atoms with Gasteiger partial charge in [-0.15, -0.1) is 5.10 Å². The van der Waals surface area contributed by atoms with E-state index >= 15 is 0 Å². The molecule has 0 aliphatic heterocycles. The molecule has 2 heterocycles. The average molecular weight is 567 g/mol. The maximum Gasteiger partial charge on any atom is 0.179 e. The zero-order chi connectivity index (χ0) is 27.6. The number of nitrogens with one attached hydrogen (secondary N) is 1. The third-order valence-corrected chi connectivity index (χ3v) is 7.75. The van der Waals surface area contributed by atoms with Crippen molar-refractivity contribution in [3.63, 3.8) is 0 Å². The van der Waals surface area contributed by atoms with Crippen LogP contribution in [0.5, 0.6) is 5.75 Å². The second-order valence-corrected chi connectivity index (χ2v) is 10.6. The third-order valence-electron chi connectivity index (χ3n) is 7.52. The van der Waals surface area contributed by atoms with E-state index in [1.54, 1.807) is 30.3 Å². The molecule has 1 aliphatic rings. The van der Waals surface area contributed by atoms with Crippen LogP contribution in [0.25, 0.3) is 33.8 Å². The molecular weight excluding hydrogens is 541 g/mol. The van der Waals surface area contributed by atoms with Gasteiger partial charge < -0.3 is 9.30 Å². The van der Waals surface area contributed by atoms with Crippen molar-refractivity contribution in [2.75, 3.05) is 0 Å². The highest BCUT2D eigenvalue weighted by Gasteiger charge is 2.21. The van der Waals surface area contributed by atoms with E-state index in [4.69, 9.17) is 16.3 Å². The van der Waals surface area contributed by atoms with E-state index in [1.807, 2.05) is 4.57 Å². The third kappa shape index (κ3) is 5.40. The molecule has 1 N–H and O–H groups in total. The molecule has 1 aliphatic carbocycles. The highest BCUT2D eigenvalue weighted by Crippen LogP contribution is 2.36. The van der Waals surface area contributed by atoms with E-state index in [9.17, 15) is 13.2 Å². The Morgan fingerprint density at radius 3 is 2.55 bits per heavy atom. The van der Waals surface area contributed by atoms with Crippen LogP contribution in [0.15, 0.2) is 48.5 Å². The Hall–Kier alpha value is -3.92. The van der Waals surface area contributed by atoms with Crippen LogP contribution in [0.4, 0.5) is 13.2 Å². The molecule has 40 heavy (non-hydrogen) atoms. The molecule has 206 valence electrons. The van der Waals surface area contributed by atoms with Crippen LogP contribution < -0.4 is 4.74 Å². The van der Waals surface area contributed by atoms with Gasteiger partial charge in [-0.1, -0.05) is 55.8 Å². The highest BCUT2D eigenvalue weighted by molar-refractivity contribution is 6.30. The summed E-state index contributed by atoms with van der Waals surface area (Å²) < 4.78 is 51.4. The number of halogens is 4. The van der Waals surface area contributed by atoms with Gasteiger partial charge in [-0.2, -0.15) is 0 Å². The summed E-state index contributed by atoms with van der Waals surface area (Å²) in [5.74, 6) is -0.550. The number of benzene rings is 3. The first kappa shape index (κ1) is 26.3.